The third kappa shape index (κ3) is 4.47. The first-order valence-electron chi connectivity index (χ1n) is 7.21. The van der Waals surface area contributed by atoms with Crippen LogP contribution in [0.2, 0.25) is 0 Å². The van der Waals surface area contributed by atoms with Crippen LogP contribution < -0.4 is 10.6 Å². The zero-order valence-corrected chi connectivity index (χ0v) is 13.6. The van der Waals surface area contributed by atoms with Crippen molar-refractivity contribution in [2.75, 3.05) is 13.1 Å². The summed E-state index contributed by atoms with van der Waals surface area (Å²) in [6, 6.07) is 0. The van der Waals surface area contributed by atoms with Crippen molar-refractivity contribution in [1.29, 1.82) is 0 Å². The molecule has 0 spiro atoms. The summed E-state index contributed by atoms with van der Waals surface area (Å²) in [7, 11) is 0. The first-order chi connectivity index (χ1) is 9.99. The van der Waals surface area contributed by atoms with Crippen molar-refractivity contribution >= 4 is 17.9 Å². The van der Waals surface area contributed by atoms with Crippen LogP contribution in [-0.2, 0) is 9.59 Å². The predicted octanol–water partition coefficient (Wildman–Crippen LogP) is 0.962. The molecular weight excluding hydrogens is 286 g/mol. The summed E-state index contributed by atoms with van der Waals surface area (Å²) < 4.78 is 0. The van der Waals surface area contributed by atoms with E-state index in [1.165, 1.54) is 6.92 Å². The van der Waals surface area contributed by atoms with Gasteiger partial charge in [0, 0.05) is 19.0 Å². The molecule has 7 heteroatoms. The average Bonchev–Trinajstić information content (AvgIpc) is 2.35. The molecule has 1 rings (SSSR count). The van der Waals surface area contributed by atoms with Gasteiger partial charge in [-0.3, -0.25) is 9.59 Å². The largest absolute Gasteiger partial charge is 0.465 e. The third-order valence-corrected chi connectivity index (χ3v) is 3.47. The number of piperidine rings is 1. The summed E-state index contributed by atoms with van der Waals surface area (Å²) in [6.45, 7) is 10.7. The predicted molar refractivity (Wildman–Crippen MR) is 82.3 cm³/mol. The van der Waals surface area contributed by atoms with E-state index >= 15 is 0 Å². The van der Waals surface area contributed by atoms with E-state index in [0.717, 1.165) is 4.90 Å². The van der Waals surface area contributed by atoms with Crippen LogP contribution in [0.5, 0.6) is 0 Å². The van der Waals surface area contributed by atoms with E-state index in [4.69, 9.17) is 0 Å². The summed E-state index contributed by atoms with van der Waals surface area (Å²) in [4.78, 5) is 36.8. The van der Waals surface area contributed by atoms with Crippen LogP contribution in [0, 0.1) is 5.92 Å². The minimum Gasteiger partial charge on any atom is -0.465 e. The first kappa shape index (κ1) is 18.0. The number of nitrogens with one attached hydrogen (secondary N) is 2. The molecule has 124 valence electrons. The second kappa shape index (κ2) is 6.37. The molecule has 0 radical (unpaired) electrons. The molecule has 2 unspecified atom stereocenters. The number of rotatable bonds is 3. The normalized spacial score (nSPS) is 25.3. The maximum Gasteiger partial charge on any atom is 0.407 e. The molecule has 0 aromatic heterocycles. The second-order valence-electron chi connectivity index (χ2n) is 6.83. The molecule has 22 heavy (non-hydrogen) atoms. The Hall–Kier alpha value is -2.05. The van der Waals surface area contributed by atoms with Crippen LogP contribution in [0.4, 0.5) is 4.79 Å². The van der Waals surface area contributed by atoms with Crippen molar-refractivity contribution in [2.24, 2.45) is 5.92 Å². The highest BCUT2D eigenvalue weighted by molar-refractivity contribution is 5.92. The lowest BCUT2D eigenvalue weighted by atomic mass is 9.81. The average molecular weight is 311 g/mol. The molecule has 0 aromatic carbocycles. The minimum absolute atomic E-state index is 0.0752. The molecule has 0 aliphatic carbocycles. The van der Waals surface area contributed by atoms with Crippen LogP contribution in [0.15, 0.2) is 12.7 Å². The number of carbonyl (C=O) groups excluding carboxylic acids is 2. The van der Waals surface area contributed by atoms with Crippen molar-refractivity contribution < 1.29 is 19.5 Å². The van der Waals surface area contributed by atoms with Gasteiger partial charge in [0.15, 0.2) is 0 Å². The molecule has 2 atom stereocenters. The Morgan fingerprint density at radius 3 is 2.36 bits per heavy atom. The SMILES string of the molecule is C=CC1CN(C(=O)O)CC(NC(C)=O)(C(=O)NC(C)(C)C)C1. The maximum absolute atomic E-state index is 12.7. The molecular formula is C15H25N3O4. The fraction of sp³-hybridized carbons (Fsp3) is 0.667. The van der Waals surface area contributed by atoms with E-state index in [1.54, 1.807) is 6.08 Å². The van der Waals surface area contributed by atoms with Gasteiger partial charge in [-0.1, -0.05) is 6.08 Å². The minimum atomic E-state index is -1.28. The molecule has 3 N–H and O–H groups in total. The smallest absolute Gasteiger partial charge is 0.407 e. The van der Waals surface area contributed by atoms with Gasteiger partial charge in [0.05, 0.1) is 6.54 Å². The quantitative estimate of drug-likeness (QED) is 0.676. The van der Waals surface area contributed by atoms with Crippen molar-refractivity contribution in [3.05, 3.63) is 12.7 Å². The first-order valence-corrected chi connectivity index (χ1v) is 7.21. The van der Waals surface area contributed by atoms with Crippen molar-refractivity contribution in [1.82, 2.24) is 15.5 Å². The Kier molecular flexibility index (Phi) is 5.22. The monoisotopic (exact) mass is 311 g/mol. The molecule has 1 saturated heterocycles. The molecule has 0 saturated carbocycles. The topological polar surface area (TPSA) is 98.7 Å². The van der Waals surface area contributed by atoms with Gasteiger partial charge >= 0.3 is 6.09 Å². The van der Waals surface area contributed by atoms with Crippen molar-refractivity contribution in [3.8, 4) is 0 Å². The standard InChI is InChI=1S/C15H25N3O4/c1-6-11-7-15(16-10(2)19,9-18(8-11)13(21)22)12(20)17-14(3,4)5/h6,11H,1,7-9H2,2-5H3,(H,16,19)(H,17,20)(H,21,22). The Morgan fingerprint density at radius 2 is 1.95 bits per heavy atom. The zero-order chi connectivity index (χ0) is 17.1. The number of hydrogen-bond donors (Lipinski definition) is 3. The molecule has 0 aromatic rings. The number of nitrogens with zero attached hydrogens (tertiary/aromatic N) is 1. The Labute approximate surface area is 130 Å². The van der Waals surface area contributed by atoms with E-state index in [-0.39, 0.29) is 30.8 Å². The number of amides is 3. The van der Waals surface area contributed by atoms with Gasteiger partial charge in [0.2, 0.25) is 11.8 Å². The van der Waals surface area contributed by atoms with E-state index in [0.29, 0.717) is 6.42 Å². The summed E-state index contributed by atoms with van der Waals surface area (Å²) in [5.41, 5.74) is -1.77. The van der Waals surface area contributed by atoms with E-state index < -0.39 is 17.2 Å². The van der Waals surface area contributed by atoms with Crippen molar-refractivity contribution in [2.45, 2.75) is 45.2 Å². The lowest BCUT2D eigenvalue weighted by molar-refractivity contribution is -0.136. The highest BCUT2D eigenvalue weighted by Crippen LogP contribution is 2.28. The van der Waals surface area contributed by atoms with Crippen LogP contribution in [0.3, 0.4) is 0 Å². The van der Waals surface area contributed by atoms with E-state index in [1.807, 2.05) is 20.8 Å². The highest BCUT2D eigenvalue weighted by Gasteiger charge is 2.47. The van der Waals surface area contributed by atoms with Gasteiger partial charge in [0.1, 0.15) is 5.54 Å². The van der Waals surface area contributed by atoms with Gasteiger partial charge in [0.25, 0.3) is 0 Å². The molecule has 0 bridgehead atoms. The highest BCUT2D eigenvalue weighted by atomic mass is 16.4. The molecule has 1 aliphatic heterocycles. The summed E-state index contributed by atoms with van der Waals surface area (Å²) in [5, 5.41) is 14.8. The lowest BCUT2D eigenvalue weighted by Crippen LogP contribution is -2.69. The second-order valence-corrected chi connectivity index (χ2v) is 6.83. The van der Waals surface area contributed by atoms with Crippen LogP contribution in [-0.4, -0.2) is 52.1 Å². The van der Waals surface area contributed by atoms with Crippen LogP contribution in [0.25, 0.3) is 0 Å². The third-order valence-electron chi connectivity index (χ3n) is 3.47. The molecule has 3 amide bonds. The molecule has 1 aliphatic rings. The van der Waals surface area contributed by atoms with Gasteiger partial charge < -0.3 is 20.6 Å². The molecule has 1 heterocycles. The fourth-order valence-electron chi connectivity index (χ4n) is 2.66. The summed E-state index contributed by atoms with van der Waals surface area (Å²) >= 11 is 0. The van der Waals surface area contributed by atoms with E-state index in [2.05, 4.69) is 17.2 Å². The summed E-state index contributed by atoms with van der Waals surface area (Å²) in [6.07, 6.45) is 0.822. The number of carboxylic acid groups (broad SMARTS) is 1. The van der Waals surface area contributed by atoms with Gasteiger partial charge in [-0.05, 0) is 33.1 Å². The fourth-order valence-corrected chi connectivity index (χ4v) is 2.66. The Balaban J connectivity index is 3.17. The van der Waals surface area contributed by atoms with Gasteiger partial charge in [-0.15, -0.1) is 6.58 Å². The maximum atomic E-state index is 12.7. The van der Waals surface area contributed by atoms with Crippen LogP contribution >= 0.6 is 0 Å². The van der Waals surface area contributed by atoms with Crippen molar-refractivity contribution in [3.63, 3.8) is 0 Å². The Morgan fingerprint density at radius 1 is 1.36 bits per heavy atom. The molecule has 7 nitrogen and oxygen atoms in total. The van der Waals surface area contributed by atoms with E-state index in [9.17, 15) is 19.5 Å². The number of carbonyl (C=O) groups is 3. The van der Waals surface area contributed by atoms with Gasteiger partial charge in [-0.25, -0.2) is 4.79 Å². The number of hydrogen-bond acceptors (Lipinski definition) is 3. The summed E-state index contributed by atoms with van der Waals surface area (Å²) in [5.74, 6) is -0.963. The molecule has 1 fully saturated rings. The Bertz CT molecular complexity index is 484. The zero-order valence-electron chi connectivity index (χ0n) is 13.6. The number of likely N-dealkylation sites (tertiary alicyclic amines) is 1. The van der Waals surface area contributed by atoms with Gasteiger partial charge in [-0.2, -0.15) is 0 Å². The van der Waals surface area contributed by atoms with Crippen LogP contribution in [0.1, 0.15) is 34.1 Å². The lowest BCUT2D eigenvalue weighted by Gasteiger charge is -2.44.